The monoisotopic (exact) mass is 338 g/mol. The van der Waals surface area contributed by atoms with Crippen LogP contribution in [0.1, 0.15) is 38.8 Å². The molecule has 0 aromatic heterocycles. The van der Waals surface area contributed by atoms with Crippen LogP contribution in [0.2, 0.25) is 0 Å². The molecule has 24 heavy (non-hydrogen) atoms. The number of hydrogen-bond donors (Lipinski definition) is 1. The second-order valence-electron chi connectivity index (χ2n) is 6.68. The number of nitrogens with zero attached hydrogens (tertiary/aromatic N) is 1. The molecule has 0 spiro atoms. The zero-order valence-electron chi connectivity index (χ0n) is 14.5. The largest absolute Gasteiger partial charge is 0.324 e. The van der Waals surface area contributed by atoms with Crippen LogP contribution < -0.4 is 5.32 Å². The molecule has 2 rings (SSSR count). The average Bonchev–Trinajstić information content (AvgIpc) is 2.55. The Morgan fingerprint density at radius 1 is 1.12 bits per heavy atom. The summed E-state index contributed by atoms with van der Waals surface area (Å²) in [7, 11) is 0. The van der Waals surface area contributed by atoms with E-state index in [1.165, 1.54) is 17.3 Å². The molecule has 4 heteroatoms. The number of carbonyl (C=O) groups is 1. The number of anilines is 1. The van der Waals surface area contributed by atoms with Crippen molar-refractivity contribution < 1.29 is 4.79 Å². The van der Waals surface area contributed by atoms with Crippen molar-refractivity contribution in [3.63, 3.8) is 0 Å². The van der Waals surface area contributed by atoms with Crippen LogP contribution in [0, 0.1) is 11.3 Å². The highest BCUT2D eigenvalue weighted by molar-refractivity contribution is 8.00. The molecule has 1 atom stereocenters. The van der Waals surface area contributed by atoms with Crippen molar-refractivity contribution >= 4 is 23.4 Å². The third-order valence-electron chi connectivity index (χ3n) is 3.71. The molecule has 2 aromatic carbocycles. The van der Waals surface area contributed by atoms with Crippen LogP contribution in [0.15, 0.2) is 53.4 Å². The third-order valence-corrected chi connectivity index (χ3v) is 4.82. The molecule has 124 valence electrons. The maximum absolute atomic E-state index is 12.4. The van der Waals surface area contributed by atoms with Gasteiger partial charge in [-0.2, -0.15) is 5.26 Å². The number of rotatable bonds is 4. The molecule has 0 aliphatic carbocycles. The summed E-state index contributed by atoms with van der Waals surface area (Å²) in [6.45, 7) is 8.40. The lowest BCUT2D eigenvalue weighted by atomic mass is 9.87. The molecule has 0 bridgehead atoms. The number of hydrogen-bond acceptors (Lipinski definition) is 3. The van der Waals surface area contributed by atoms with Gasteiger partial charge < -0.3 is 5.32 Å². The Hall–Kier alpha value is -2.25. The molecule has 0 unspecified atom stereocenters. The van der Waals surface area contributed by atoms with E-state index >= 15 is 0 Å². The SMILES string of the molecule is C[C@H](Sc1ccc(C(C)(C)C)cc1)C(=O)Nc1ccccc1C#N. The molecule has 1 N–H and O–H groups in total. The van der Waals surface area contributed by atoms with E-state index in [0.29, 0.717) is 11.3 Å². The molecule has 0 fully saturated rings. The van der Waals surface area contributed by atoms with E-state index in [2.05, 4.69) is 56.4 Å². The molecule has 0 saturated carbocycles. The molecular formula is C20H22N2OS. The summed E-state index contributed by atoms with van der Waals surface area (Å²) >= 11 is 1.51. The number of carbonyl (C=O) groups excluding carboxylic acids is 1. The van der Waals surface area contributed by atoms with Gasteiger partial charge in [0.25, 0.3) is 0 Å². The van der Waals surface area contributed by atoms with Gasteiger partial charge in [-0.05, 0) is 42.2 Å². The Bertz CT molecular complexity index is 754. The summed E-state index contributed by atoms with van der Waals surface area (Å²) in [5.41, 5.74) is 2.41. The first-order chi connectivity index (χ1) is 11.3. The minimum absolute atomic E-state index is 0.109. The van der Waals surface area contributed by atoms with Crippen molar-refractivity contribution in [1.29, 1.82) is 5.26 Å². The molecule has 3 nitrogen and oxygen atoms in total. The average molecular weight is 338 g/mol. The summed E-state index contributed by atoms with van der Waals surface area (Å²) in [5, 5.41) is 11.7. The Morgan fingerprint density at radius 3 is 2.33 bits per heavy atom. The van der Waals surface area contributed by atoms with E-state index < -0.39 is 0 Å². The number of thioether (sulfide) groups is 1. The van der Waals surface area contributed by atoms with Gasteiger partial charge in [-0.3, -0.25) is 4.79 Å². The molecule has 0 radical (unpaired) electrons. The van der Waals surface area contributed by atoms with Crippen LogP contribution in [0.4, 0.5) is 5.69 Å². The quantitative estimate of drug-likeness (QED) is 0.800. The van der Waals surface area contributed by atoms with E-state index in [-0.39, 0.29) is 16.6 Å². The van der Waals surface area contributed by atoms with E-state index in [0.717, 1.165) is 4.90 Å². The summed E-state index contributed by atoms with van der Waals surface area (Å²) in [5.74, 6) is -0.109. The summed E-state index contributed by atoms with van der Waals surface area (Å²) < 4.78 is 0. The van der Waals surface area contributed by atoms with Crippen molar-refractivity contribution in [3.8, 4) is 6.07 Å². The topological polar surface area (TPSA) is 52.9 Å². The van der Waals surface area contributed by atoms with Crippen LogP contribution in [-0.4, -0.2) is 11.2 Å². The van der Waals surface area contributed by atoms with Gasteiger partial charge in [-0.15, -0.1) is 11.8 Å². The highest BCUT2D eigenvalue weighted by Crippen LogP contribution is 2.28. The van der Waals surface area contributed by atoms with E-state index in [9.17, 15) is 4.79 Å². The molecule has 1 amide bonds. The summed E-state index contributed by atoms with van der Waals surface area (Å²) in [6.07, 6.45) is 0. The smallest absolute Gasteiger partial charge is 0.237 e. The van der Waals surface area contributed by atoms with Gasteiger partial charge in [0.05, 0.1) is 16.5 Å². The van der Waals surface area contributed by atoms with Crippen LogP contribution in [0.3, 0.4) is 0 Å². The second kappa shape index (κ2) is 7.55. The predicted molar refractivity (Wildman–Crippen MR) is 100 cm³/mol. The lowest BCUT2D eigenvalue weighted by Gasteiger charge is -2.19. The predicted octanol–water partition coefficient (Wildman–Crippen LogP) is 4.98. The fraction of sp³-hybridized carbons (Fsp3) is 0.300. The Kier molecular flexibility index (Phi) is 5.69. The summed E-state index contributed by atoms with van der Waals surface area (Å²) in [6, 6.07) is 17.4. The number of nitrogens with one attached hydrogen (secondary N) is 1. The maximum atomic E-state index is 12.4. The van der Waals surface area contributed by atoms with Gasteiger partial charge in [0.1, 0.15) is 6.07 Å². The molecule has 0 aliphatic rings. The zero-order valence-corrected chi connectivity index (χ0v) is 15.3. The van der Waals surface area contributed by atoms with Crippen LogP contribution in [0.5, 0.6) is 0 Å². The molecule has 0 aliphatic heterocycles. The Labute approximate surface area is 148 Å². The van der Waals surface area contributed by atoms with Crippen LogP contribution >= 0.6 is 11.8 Å². The van der Waals surface area contributed by atoms with Crippen LogP contribution in [0.25, 0.3) is 0 Å². The van der Waals surface area contributed by atoms with Gasteiger partial charge in [-0.1, -0.05) is 45.0 Å². The van der Waals surface area contributed by atoms with Crippen molar-refractivity contribution in [1.82, 2.24) is 0 Å². The fourth-order valence-corrected chi connectivity index (χ4v) is 3.08. The maximum Gasteiger partial charge on any atom is 0.237 e. The number of nitriles is 1. The first-order valence-corrected chi connectivity index (χ1v) is 8.76. The van der Waals surface area contributed by atoms with E-state index in [1.807, 2.05) is 6.92 Å². The standard InChI is InChI=1S/C20H22N2OS/c1-14(19(23)22-18-8-6-5-7-15(18)13-21)24-17-11-9-16(10-12-17)20(2,3)4/h5-12,14H,1-4H3,(H,22,23)/t14-/m0/s1. The second-order valence-corrected chi connectivity index (χ2v) is 8.10. The van der Waals surface area contributed by atoms with Gasteiger partial charge in [0, 0.05) is 4.90 Å². The first-order valence-electron chi connectivity index (χ1n) is 7.88. The van der Waals surface area contributed by atoms with Gasteiger partial charge in [0.2, 0.25) is 5.91 Å². The van der Waals surface area contributed by atoms with E-state index in [4.69, 9.17) is 5.26 Å². The van der Waals surface area contributed by atoms with Crippen molar-refractivity contribution in [2.24, 2.45) is 0 Å². The van der Waals surface area contributed by atoms with Gasteiger partial charge in [-0.25, -0.2) is 0 Å². The van der Waals surface area contributed by atoms with Crippen molar-refractivity contribution in [2.75, 3.05) is 5.32 Å². The highest BCUT2D eigenvalue weighted by atomic mass is 32.2. The number of para-hydroxylation sites is 1. The lowest BCUT2D eigenvalue weighted by Crippen LogP contribution is -2.22. The Balaban J connectivity index is 2.03. The molecular weight excluding hydrogens is 316 g/mol. The van der Waals surface area contributed by atoms with Crippen molar-refractivity contribution in [2.45, 2.75) is 43.3 Å². The molecule has 0 saturated heterocycles. The highest BCUT2D eigenvalue weighted by Gasteiger charge is 2.17. The fourth-order valence-electron chi connectivity index (χ4n) is 2.22. The zero-order chi connectivity index (χ0) is 17.7. The first kappa shape index (κ1) is 18.1. The van der Waals surface area contributed by atoms with Gasteiger partial charge >= 0.3 is 0 Å². The lowest BCUT2D eigenvalue weighted by molar-refractivity contribution is -0.115. The van der Waals surface area contributed by atoms with E-state index in [1.54, 1.807) is 24.3 Å². The number of benzene rings is 2. The molecule has 0 heterocycles. The Morgan fingerprint density at radius 2 is 1.75 bits per heavy atom. The summed E-state index contributed by atoms with van der Waals surface area (Å²) in [4.78, 5) is 13.4. The minimum atomic E-state index is -0.253. The van der Waals surface area contributed by atoms with Gasteiger partial charge in [0.15, 0.2) is 0 Å². The minimum Gasteiger partial charge on any atom is -0.324 e. The molecule has 2 aromatic rings. The number of amides is 1. The third kappa shape index (κ3) is 4.62. The van der Waals surface area contributed by atoms with Crippen LogP contribution in [-0.2, 0) is 10.2 Å². The normalized spacial score (nSPS) is 12.3. The van der Waals surface area contributed by atoms with Crippen molar-refractivity contribution in [3.05, 3.63) is 59.7 Å².